The summed E-state index contributed by atoms with van der Waals surface area (Å²) in [6.07, 6.45) is 3.01. The zero-order valence-corrected chi connectivity index (χ0v) is 11.9. The van der Waals surface area contributed by atoms with Crippen molar-refractivity contribution in [3.8, 4) is 0 Å². The number of imidazole rings is 1. The summed E-state index contributed by atoms with van der Waals surface area (Å²) in [5.41, 5.74) is 9.79. The third-order valence-corrected chi connectivity index (χ3v) is 5.11. The number of nitrogens with two attached hydrogens (primary N) is 1. The number of aromatic nitrogens is 2. The molecule has 0 unspecified atom stereocenters. The number of hydrogen-bond acceptors (Lipinski definition) is 3. The average molecular weight is 273 g/mol. The molecular formula is C15H19N3S. The summed E-state index contributed by atoms with van der Waals surface area (Å²) >= 11 is 1.94. The van der Waals surface area contributed by atoms with Crippen LogP contribution in [0, 0.1) is 6.92 Å². The molecule has 1 aromatic carbocycles. The molecule has 1 aromatic heterocycles. The maximum absolute atomic E-state index is 5.99. The minimum absolute atomic E-state index is 0.327. The molecule has 2 aromatic rings. The van der Waals surface area contributed by atoms with E-state index in [0.29, 0.717) is 11.3 Å². The monoisotopic (exact) mass is 273 g/mol. The lowest BCUT2D eigenvalue weighted by atomic mass is 10.1. The molecule has 3 rings (SSSR count). The predicted octanol–water partition coefficient (Wildman–Crippen LogP) is 2.75. The summed E-state index contributed by atoms with van der Waals surface area (Å²) in [6, 6.07) is 10.8. The molecule has 2 N–H and O–H groups in total. The van der Waals surface area contributed by atoms with Gasteiger partial charge in [-0.05, 0) is 18.9 Å². The Hall–Kier alpha value is -1.26. The Bertz CT molecular complexity index is 550. The van der Waals surface area contributed by atoms with Gasteiger partial charge in [0, 0.05) is 24.0 Å². The molecule has 1 saturated heterocycles. The Kier molecular flexibility index (Phi) is 3.62. The van der Waals surface area contributed by atoms with Crippen molar-refractivity contribution in [3.05, 3.63) is 53.6 Å². The van der Waals surface area contributed by atoms with Gasteiger partial charge in [0.1, 0.15) is 0 Å². The van der Waals surface area contributed by atoms with Gasteiger partial charge in [-0.25, -0.2) is 4.98 Å². The van der Waals surface area contributed by atoms with E-state index in [0.717, 1.165) is 18.7 Å². The summed E-state index contributed by atoms with van der Waals surface area (Å²) in [4.78, 5) is 4.61. The van der Waals surface area contributed by atoms with Gasteiger partial charge < -0.3 is 10.3 Å². The van der Waals surface area contributed by atoms with Crippen LogP contribution >= 0.6 is 11.8 Å². The SMILES string of the molecule is Cc1c([C@H]2C[C@H](N)CS2)ncn1Cc1ccccc1. The van der Waals surface area contributed by atoms with Crippen LogP contribution in [0.25, 0.3) is 0 Å². The maximum Gasteiger partial charge on any atom is 0.0955 e. The van der Waals surface area contributed by atoms with E-state index in [1.165, 1.54) is 17.0 Å². The largest absolute Gasteiger partial charge is 0.330 e. The minimum atomic E-state index is 0.327. The zero-order valence-electron chi connectivity index (χ0n) is 11.1. The second kappa shape index (κ2) is 5.39. The molecule has 0 radical (unpaired) electrons. The van der Waals surface area contributed by atoms with E-state index in [-0.39, 0.29) is 0 Å². The third-order valence-electron chi connectivity index (χ3n) is 3.67. The summed E-state index contributed by atoms with van der Waals surface area (Å²) in [7, 11) is 0. The highest BCUT2D eigenvalue weighted by Gasteiger charge is 2.27. The summed E-state index contributed by atoms with van der Waals surface area (Å²) in [6.45, 7) is 3.05. The highest BCUT2D eigenvalue weighted by atomic mass is 32.2. The first kappa shape index (κ1) is 12.8. The van der Waals surface area contributed by atoms with E-state index in [1.807, 2.05) is 24.2 Å². The Labute approximate surface area is 118 Å². The molecule has 1 aliphatic heterocycles. The molecule has 0 bridgehead atoms. The Morgan fingerprint density at radius 3 is 2.84 bits per heavy atom. The molecule has 100 valence electrons. The average Bonchev–Trinajstić information content (AvgIpc) is 2.99. The van der Waals surface area contributed by atoms with Crippen LogP contribution in [0.4, 0.5) is 0 Å². The van der Waals surface area contributed by atoms with Crippen molar-refractivity contribution >= 4 is 11.8 Å². The highest BCUT2D eigenvalue weighted by molar-refractivity contribution is 7.99. The minimum Gasteiger partial charge on any atom is -0.330 e. The van der Waals surface area contributed by atoms with Crippen molar-refractivity contribution in [2.45, 2.75) is 31.2 Å². The van der Waals surface area contributed by atoms with Crippen molar-refractivity contribution in [2.75, 3.05) is 5.75 Å². The lowest BCUT2D eigenvalue weighted by molar-refractivity contribution is 0.687. The van der Waals surface area contributed by atoms with Gasteiger partial charge in [-0.15, -0.1) is 0 Å². The lowest BCUT2D eigenvalue weighted by Crippen LogP contribution is -2.18. The second-order valence-corrected chi connectivity index (χ2v) is 6.38. The van der Waals surface area contributed by atoms with Crippen LogP contribution in [-0.4, -0.2) is 21.3 Å². The molecule has 1 fully saturated rings. The number of benzene rings is 1. The smallest absolute Gasteiger partial charge is 0.0955 e. The molecular weight excluding hydrogens is 254 g/mol. The van der Waals surface area contributed by atoms with E-state index in [1.54, 1.807) is 0 Å². The van der Waals surface area contributed by atoms with E-state index in [2.05, 4.69) is 40.7 Å². The van der Waals surface area contributed by atoms with Crippen molar-refractivity contribution in [2.24, 2.45) is 5.73 Å². The first-order valence-electron chi connectivity index (χ1n) is 6.67. The van der Waals surface area contributed by atoms with Crippen LogP contribution < -0.4 is 5.73 Å². The molecule has 3 nitrogen and oxygen atoms in total. The van der Waals surface area contributed by atoms with Crippen molar-refractivity contribution in [1.82, 2.24) is 9.55 Å². The number of hydrogen-bond donors (Lipinski definition) is 1. The van der Waals surface area contributed by atoms with Gasteiger partial charge in [-0.1, -0.05) is 30.3 Å². The van der Waals surface area contributed by atoms with Gasteiger partial charge in [0.2, 0.25) is 0 Å². The maximum atomic E-state index is 5.99. The summed E-state index contributed by atoms with van der Waals surface area (Å²) in [5.74, 6) is 1.05. The first-order valence-corrected chi connectivity index (χ1v) is 7.71. The van der Waals surface area contributed by atoms with Gasteiger partial charge in [-0.2, -0.15) is 11.8 Å². The Morgan fingerprint density at radius 2 is 2.16 bits per heavy atom. The third kappa shape index (κ3) is 2.69. The van der Waals surface area contributed by atoms with E-state index in [4.69, 9.17) is 5.73 Å². The van der Waals surface area contributed by atoms with Crippen molar-refractivity contribution < 1.29 is 0 Å². The Balaban J connectivity index is 1.79. The van der Waals surface area contributed by atoms with Gasteiger partial charge in [0.05, 0.1) is 17.3 Å². The standard InChI is InChI=1S/C15H19N3S/c1-11-15(14-7-13(16)9-19-14)17-10-18(11)8-12-5-3-2-4-6-12/h2-6,10,13-14H,7-9,16H2,1H3/t13-,14+/m0/s1. The molecule has 2 heterocycles. The van der Waals surface area contributed by atoms with Gasteiger partial charge >= 0.3 is 0 Å². The van der Waals surface area contributed by atoms with Gasteiger partial charge in [-0.3, -0.25) is 0 Å². The van der Waals surface area contributed by atoms with E-state index in [9.17, 15) is 0 Å². The van der Waals surface area contributed by atoms with Crippen molar-refractivity contribution in [3.63, 3.8) is 0 Å². The lowest BCUT2D eigenvalue weighted by Gasteiger charge is -2.09. The van der Waals surface area contributed by atoms with E-state index < -0.39 is 0 Å². The van der Waals surface area contributed by atoms with E-state index >= 15 is 0 Å². The van der Waals surface area contributed by atoms with Crippen molar-refractivity contribution in [1.29, 1.82) is 0 Å². The summed E-state index contributed by atoms with van der Waals surface area (Å²) < 4.78 is 2.23. The van der Waals surface area contributed by atoms with Crippen LogP contribution in [0.3, 0.4) is 0 Å². The molecule has 0 aliphatic carbocycles. The highest BCUT2D eigenvalue weighted by Crippen LogP contribution is 2.39. The number of nitrogens with zero attached hydrogens (tertiary/aromatic N) is 2. The molecule has 4 heteroatoms. The normalized spacial score (nSPS) is 22.8. The molecule has 19 heavy (non-hydrogen) atoms. The molecule has 2 atom stereocenters. The summed E-state index contributed by atoms with van der Waals surface area (Å²) in [5, 5.41) is 0.479. The van der Waals surface area contributed by atoms with Gasteiger partial charge in [0.15, 0.2) is 0 Å². The van der Waals surface area contributed by atoms with Crippen LogP contribution in [0.15, 0.2) is 36.7 Å². The van der Waals surface area contributed by atoms with Crippen LogP contribution in [0.2, 0.25) is 0 Å². The van der Waals surface area contributed by atoms with Crippen LogP contribution in [-0.2, 0) is 6.54 Å². The quantitative estimate of drug-likeness (QED) is 0.935. The van der Waals surface area contributed by atoms with Gasteiger partial charge in [0.25, 0.3) is 0 Å². The number of thioether (sulfide) groups is 1. The molecule has 1 aliphatic rings. The first-order chi connectivity index (χ1) is 9.24. The fourth-order valence-corrected chi connectivity index (χ4v) is 3.94. The topological polar surface area (TPSA) is 43.8 Å². The number of rotatable bonds is 3. The fraction of sp³-hybridized carbons (Fsp3) is 0.400. The predicted molar refractivity (Wildman–Crippen MR) is 80.3 cm³/mol. The molecule has 0 saturated carbocycles. The van der Waals surface area contributed by atoms with Crippen LogP contribution in [0.5, 0.6) is 0 Å². The molecule has 0 amide bonds. The Morgan fingerprint density at radius 1 is 1.37 bits per heavy atom. The zero-order chi connectivity index (χ0) is 13.2. The fourth-order valence-electron chi connectivity index (χ4n) is 2.56. The molecule has 0 spiro atoms. The van der Waals surface area contributed by atoms with Crippen LogP contribution in [0.1, 0.15) is 28.6 Å². The second-order valence-electron chi connectivity index (χ2n) is 5.15.